The van der Waals surface area contributed by atoms with Crippen LogP contribution in [-0.2, 0) is 11.3 Å². The number of aliphatic imine (C=N–C) groups is 1. The van der Waals surface area contributed by atoms with Gasteiger partial charge in [0.05, 0.1) is 24.8 Å². The maximum absolute atomic E-state index is 13.2. The molecule has 1 aliphatic carbocycles. The number of amides is 1. The summed E-state index contributed by atoms with van der Waals surface area (Å²) in [5.74, 6) is 1.43. The second-order valence-electron chi connectivity index (χ2n) is 8.56. The van der Waals surface area contributed by atoms with Gasteiger partial charge in [-0.15, -0.1) is 0 Å². The van der Waals surface area contributed by atoms with E-state index in [9.17, 15) is 4.79 Å². The number of benzene rings is 2. The molecule has 0 aromatic heterocycles. The van der Waals surface area contributed by atoms with Crippen molar-refractivity contribution < 1.29 is 14.3 Å². The predicted octanol–water partition coefficient (Wildman–Crippen LogP) is 4.95. The molecule has 2 fully saturated rings. The summed E-state index contributed by atoms with van der Waals surface area (Å²) in [6, 6.07) is 13.7. The Hall–Kier alpha value is -3.18. The fraction of sp³-hybridized carbons (Fsp3) is 0.423. The minimum absolute atomic E-state index is 0.141. The second-order valence-corrected chi connectivity index (χ2v) is 9.35. The van der Waals surface area contributed by atoms with Gasteiger partial charge in [-0.25, -0.2) is 4.99 Å². The van der Waals surface area contributed by atoms with Crippen molar-refractivity contribution in [3.63, 3.8) is 0 Å². The molecule has 2 aromatic rings. The first-order chi connectivity index (χ1) is 16.6. The molecule has 1 aliphatic heterocycles. The number of hydrogen-bond acceptors (Lipinski definition) is 6. The topological polar surface area (TPSA) is 87.0 Å². The van der Waals surface area contributed by atoms with Crippen LogP contribution in [0.25, 0.3) is 0 Å². The Balaban J connectivity index is 1.42. The first-order valence-electron chi connectivity index (χ1n) is 11.6. The molecule has 1 N–H and O–H groups in total. The second kappa shape index (κ2) is 11.3. The summed E-state index contributed by atoms with van der Waals surface area (Å²) in [7, 11) is 1.65. The number of nitriles is 1. The standard InChI is InChI=1S/C26H30N4O3S/c1-32-23-12-9-19(15-24(23)33-21-5-3-4-6-21)22-13-14-30(25(22)31)16-18-7-10-20(11-8-18)29-26(34-2)28-17-27/h7-12,15,21-22H,3-6,13-14,16H2,1-2H3,(H,28,29). The van der Waals surface area contributed by atoms with E-state index in [0.29, 0.717) is 11.7 Å². The summed E-state index contributed by atoms with van der Waals surface area (Å²) in [6.45, 7) is 1.28. The van der Waals surface area contributed by atoms with Gasteiger partial charge in [0.25, 0.3) is 0 Å². The van der Waals surface area contributed by atoms with Crippen LogP contribution >= 0.6 is 11.8 Å². The number of nitrogens with one attached hydrogen (secondary N) is 1. The van der Waals surface area contributed by atoms with E-state index >= 15 is 0 Å². The van der Waals surface area contributed by atoms with Crippen LogP contribution in [0.2, 0.25) is 0 Å². The van der Waals surface area contributed by atoms with E-state index in [4.69, 9.17) is 14.7 Å². The summed E-state index contributed by atoms with van der Waals surface area (Å²) >= 11 is 1.38. The van der Waals surface area contributed by atoms with Crippen molar-refractivity contribution in [1.82, 2.24) is 10.2 Å². The van der Waals surface area contributed by atoms with Crippen LogP contribution in [0.4, 0.5) is 5.69 Å². The maximum Gasteiger partial charge on any atom is 0.230 e. The van der Waals surface area contributed by atoms with Gasteiger partial charge in [0.15, 0.2) is 22.9 Å². The Labute approximate surface area is 205 Å². The highest BCUT2D eigenvalue weighted by Crippen LogP contribution is 2.37. The van der Waals surface area contributed by atoms with Crippen molar-refractivity contribution in [3.05, 3.63) is 53.6 Å². The molecule has 178 valence electrons. The van der Waals surface area contributed by atoms with Gasteiger partial charge in [0.1, 0.15) is 0 Å². The zero-order chi connectivity index (χ0) is 23.9. The Kier molecular flexibility index (Phi) is 7.96. The molecule has 2 aromatic carbocycles. The van der Waals surface area contributed by atoms with Crippen LogP contribution < -0.4 is 14.8 Å². The average molecular weight is 479 g/mol. The molecular weight excluding hydrogens is 448 g/mol. The molecule has 0 bridgehead atoms. The molecule has 4 rings (SSSR count). The van der Waals surface area contributed by atoms with E-state index in [0.717, 1.165) is 54.1 Å². The van der Waals surface area contributed by atoms with Gasteiger partial charge < -0.3 is 14.4 Å². The van der Waals surface area contributed by atoms with Crippen LogP contribution in [0.15, 0.2) is 47.5 Å². The van der Waals surface area contributed by atoms with E-state index in [-0.39, 0.29) is 17.9 Å². The van der Waals surface area contributed by atoms with Crippen molar-refractivity contribution >= 4 is 28.5 Å². The lowest BCUT2D eigenvalue weighted by Crippen LogP contribution is -2.26. The van der Waals surface area contributed by atoms with Crippen molar-refractivity contribution in [3.8, 4) is 17.7 Å². The third-order valence-electron chi connectivity index (χ3n) is 6.38. The molecule has 1 saturated carbocycles. The van der Waals surface area contributed by atoms with Gasteiger partial charge in [-0.05, 0) is 73.8 Å². The predicted molar refractivity (Wildman–Crippen MR) is 134 cm³/mol. The Bertz CT molecular complexity index is 1070. The number of methoxy groups -OCH3 is 1. The Morgan fingerprint density at radius 1 is 1.18 bits per heavy atom. The van der Waals surface area contributed by atoms with Crippen molar-refractivity contribution in [1.29, 1.82) is 5.26 Å². The van der Waals surface area contributed by atoms with Gasteiger partial charge >= 0.3 is 0 Å². The quantitative estimate of drug-likeness (QED) is 0.262. The van der Waals surface area contributed by atoms with Crippen LogP contribution in [-0.4, -0.2) is 42.0 Å². The van der Waals surface area contributed by atoms with Gasteiger partial charge in [0.2, 0.25) is 5.91 Å². The summed E-state index contributed by atoms with van der Waals surface area (Å²) in [4.78, 5) is 19.6. The Morgan fingerprint density at radius 3 is 2.62 bits per heavy atom. The van der Waals surface area contributed by atoms with Crippen molar-refractivity contribution in [2.45, 2.75) is 50.7 Å². The molecule has 1 unspecified atom stereocenters. The first kappa shape index (κ1) is 24.0. The SMILES string of the molecule is COc1ccc(C2CCN(Cc3ccc(N=C(NC#N)SC)cc3)C2=O)cc1OC1CCCC1. The smallest absolute Gasteiger partial charge is 0.230 e. The monoisotopic (exact) mass is 478 g/mol. The first-order valence-corrected chi connectivity index (χ1v) is 12.8. The van der Waals surface area contributed by atoms with Gasteiger partial charge in [-0.1, -0.05) is 30.0 Å². The van der Waals surface area contributed by atoms with E-state index in [1.165, 1.54) is 24.6 Å². The number of carbonyl (C=O) groups excluding carboxylic acids is 1. The minimum Gasteiger partial charge on any atom is -0.493 e. The van der Waals surface area contributed by atoms with Crippen molar-refractivity contribution in [2.75, 3.05) is 19.9 Å². The van der Waals surface area contributed by atoms with E-state index < -0.39 is 0 Å². The molecule has 1 atom stereocenters. The maximum atomic E-state index is 13.2. The summed E-state index contributed by atoms with van der Waals surface area (Å²) in [5, 5.41) is 11.9. The zero-order valence-electron chi connectivity index (χ0n) is 19.6. The van der Waals surface area contributed by atoms with Crippen molar-refractivity contribution in [2.24, 2.45) is 4.99 Å². The van der Waals surface area contributed by atoms with E-state index in [1.54, 1.807) is 7.11 Å². The van der Waals surface area contributed by atoms with Crippen LogP contribution in [0.1, 0.15) is 49.1 Å². The van der Waals surface area contributed by atoms with Gasteiger partial charge in [0, 0.05) is 13.1 Å². The molecule has 1 heterocycles. The highest BCUT2D eigenvalue weighted by Gasteiger charge is 2.33. The molecular formula is C26H30N4O3S. The average Bonchev–Trinajstić information content (AvgIpc) is 3.50. The number of amidine groups is 1. The molecule has 0 spiro atoms. The zero-order valence-corrected chi connectivity index (χ0v) is 20.4. The van der Waals surface area contributed by atoms with Crippen LogP contribution in [0, 0.1) is 11.5 Å². The molecule has 2 aliphatic rings. The molecule has 8 heteroatoms. The van der Waals surface area contributed by atoms with E-state index in [1.807, 2.05) is 59.8 Å². The largest absolute Gasteiger partial charge is 0.493 e. The molecule has 1 saturated heterocycles. The summed E-state index contributed by atoms with van der Waals surface area (Å²) in [5.41, 5.74) is 2.79. The number of nitrogens with zero attached hydrogens (tertiary/aromatic N) is 3. The fourth-order valence-electron chi connectivity index (χ4n) is 4.58. The normalized spacial score (nSPS) is 18.7. The Morgan fingerprint density at radius 2 is 1.94 bits per heavy atom. The van der Waals surface area contributed by atoms with Crippen LogP contribution in [0.5, 0.6) is 11.5 Å². The van der Waals surface area contributed by atoms with E-state index in [2.05, 4.69) is 10.3 Å². The van der Waals surface area contributed by atoms with Gasteiger partial charge in [-0.3, -0.25) is 10.1 Å². The summed E-state index contributed by atoms with van der Waals surface area (Å²) < 4.78 is 11.7. The number of thioether (sulfide) groups is 1. The number of likely N-dealkylation sites (tertiary alicyclic amines) is 1. The van der Waals surface area contributed by atoms with Gasteiger partial charge in [-0.2, -0.15) is 5.26 Å². The highest BCUT2D eigenvalue weighted by molar-refractivity contribution is 8.13. The lowest BCUT2D eigenvalue weighted by atomic mass is 9.97. The number of hydrogen-bond donors (Lipinski definition) is 1. The third kappa shape index (κ3) is 5.65. The highest BCUT2D eigenvalue weighted by atomic mass is 32.2. The molecule has 7 nitrogen and oxygen atoms in total. The third-order valence-corrected chi connectivity index (χ3v) is 6.96. The fourth-order valence-corrected chi connectivity index (χ4v) is 4.92. The molecule has 34 heavy (non-hydrogen) atoms. The summed E-state index contributed by atoms with van der Waals surface area (Å²) in [6.07, 6.45) is 9.31. The molecule has 1 amide bonds. The van der Waals surface area contributed by atoms with Crippen LogP contribution in [0.3, 0.4) is 0 Å². The lowest BCUT2D eigenvalue weighted by Gasteiger charge is -2.19. The molecule has 0 radical (unpaired) electrons. The number of ether oxygens (including phenoxy) is 2. The number of carbonyl (C=O) groups is 1. The number of rotatable bonds is 7. The lowest BCUT2D eigenvalue weighted by molar-refractivity contribution is -0.129. The minimum atomic E-state index is -0.165.